The smallest absolute Gasteiger partial charge is 0.430 e. The molecule has 288 valence electrons. The zero-order valence-corrected chi connectivity index (χ0v) is 26.0. The molecule has 0 aliphatic heterocycles. The number of carbonyl (C=O) groups excluding carboxylic acids is 2. The molecule has 6 N–H and O–H groups in total. The lowest BCUT2D eigenvalue weighted by Crippen LogP contribution is -2.54. The van der Waals surface area contributed by atoms with Crippen LogP contribution in [0.2, 0.25) is 0 Å². The van der Waals surface area contributed by atoms with Gasteiger partial charge in [0, 0.05) is 35.1 Å². The van der Waals surface area contributed by atoms with E-state index in [2.05, 4.69) is 0 Å². The van der Waals surface area contributed by atoms with E-state index < -0.39 is 116 Å². The lowest BCUT2D eigenvalue weighted by molar-refractivity contribution is -0.376. The lowest BCUT2D eigenvalue weighted by atomic mass is 9.89. The quantitative estimate of drug-likeness (QED) is 0.0926. The summed E-state index contributed by atoms with van der Waals surface area (Å²) >= 11 is 0. The predicted molar refractivity (Wildman–Crippen MR) is 153 cm³/mol. The number of hydrogen-bond donors (Lipinski definition) is 6. The molecule has 0 aliphatic carbocycles. The minimum Gasteiger partial charge on any atom is -0.478 e. The summed E-state index contributed by atoms with van der Waals surface area (Å²) in [4.78, 5) is 48.6. The van der Waals surface area contributed by atoms with E-state index in [1.54, 1.807) is 0 Å². The molecule has 0 saturated carbocycles. The minimum absolute atomic E-state index is 0.0945. The largest absolute Gasteiger partial charge is 0.478 e. The van der Waals surface area contributed by atoms with Crippen molar-refractivity contribution in [2.75, 3.05) is 17.7 Å². The summed E-state index contributed by atoms with van der Waals surface area (Å²) in [6.45, 7) is 0.759. The van der Waals surface area contributed by atoms with Crippen molar-refractivity contribution in [3.63, 3.8) is 0 Å². The lowest BCUT2D eigenvalue weighted by Gasteiger charge is -2.34. The van der Waals surface area contributed by atoms with Gasteiger partial charge in [-0.15, -0.1) is 0 Å². The Bertz CT molecular complexity index is 1940. The van der Waals surface area contributed by atoms with Crippen LogP contribution in [0, 0.1) is 0 Å². The van der Waals surface area contributed by atoms with Gasteiger partial charge in [0.05, 0.1) is 16.7 Å². The Morgan fingerprint density at radius 2 is 0.925 bits per heavy atom. The first-order chi connectivity index (χ1) is 23.9. The first-order valence-electron chi connectivity index (χ1n) is 13.8. The molecule has 0 heterocycles. The molecule has 0 radical (unpaired) electrons. The summed E-state index contributed by atoms with van der Waals surface area (Å²) in [6.07, 6.45) is -26.3. The zero-order chi connectivity index (χ0) is 40.9. The van der Waals surface area contributed by atoms with E-state index in [-0.39, 0.29) is 18.2 Å². The van der Waals surface area contributed by atoms with Crippen LogP contribution < -0.4 is 15.4 Å². The molecule has 3 aromatic rings. The van der Waals surface area contributed by atoms with Crippen LogP contribution in [0.3, 0.4) is 0 Å². The highest BCUT2D eigenvalue weighted by atomic mass is 19.4. The van der Waals surface area contributed by atoms with Gasteiger partial charge >= 0.3 is 36.6 Å². The van der Waals surface area contributed by atoms with Crippen molar-refractivity contribution >= 4 is 35.0 Å². The molecule has 0 saturated heterocycles. The topological polar surface area (TPSA) is 182 Å². The van der Waals surface area contributed by atoms with Gasteiger partial charge in [0.25, 0.3) is 17.1 Å². The van der Waals surface area contributed by atoms with Crippen LogP contribution in [0.5, 0.6) is 11.5 Å². The van der Waals surface area contributed by atoms with E-state index in [4.69, 9.17) is 4.74 Å². The van der Waals surface area contributed by atoms with Gasteiger partial charge in [0.1, 0.15) is 11.5 Å². The molecule has 0 bridgehead atoms. The molecule has 0 spiro atoms. The monoisotopic (exact) mass is 780 g/mol. The number of alkyl halides is 12. The SMILES string of the molecule is CNc1ccc(Oc2ccc(NC(=O)c3cc(C(C)=O)c(C(=O)O)cc3C(=O)O)c(C(O)(C(F)(F)F)C(F)(F)F)c2)cc1C(O)(C(F)(F)F)C(F)(F)F. The van der Waals surface area contributed by atoms with E-state index >= 15 is 0 Å². The number of aliphatic hydroxyl groups is 2. The molecule has 0 atom stereocenters. The summed E-state index contributed by atoms with van der Waals surface area (Å²) in [5, 5.41) is 42.4. The standard InChI is InChI=1S/C30H20F12N2O9/c1-11(45)14-9-15(17(24(49)50)10-16(14)23(47)48)22(46)44-21-6-4-13(8-19(21)26(52,29(37,38)39)30(40,41)42)53-12-3-5-20(43-2)18(7-12)25(51,27(31,32)33)28(34,35)36/h3-10,43,51-52H,1-2H3,(H,44,46)(H,47,48)(H,49,50). The highest BCUT2D eigenvalue weighted by molar-refractivity contribution is 6.15. The van der Waals surface area contributed by atoms with Crippen LogP contribution in [-0.2, 0) is 11.2 Å². The highest BCUT2D eigenvalue weighted by Gasteiger charge is 2.73. The molecular formula is C30H20F12N2O9. The third kappa shape index (κ3) is 7.51. The van der Waals surface area contributed by atoms with Crippen molar-refractivity contribution in [3.05, 3.63) is 81.9 Å². The third-order valence-electron chi connectivity index (χ3n) is 7.40. The maximum Gasteiger partial charge on any atom is 0.430 e. The number of anilines is 2. The van der Waals surface area contributed by atoms with Gasteiger partial charge in [-0.05, 0) is 55.5 Å². The number of benzene rings is 3. The van der Waals surface area contributed by atoms with E-state index in [1.807, 2.05) is 5.32 Å². The highest BCUT2D eigenvalue weighted by Crippen LogP contribution is 2.54. The van der Waals surface area contributed by atoms with Gasteiger partial charge in [-0.2, -0.15) is 52.7 Å². The van der Waals surface area contributed by atoms with Crippen LogP contribution in [0.1, 0.15) is 59.5 Å². The average molecular weight is 780 g/mol. The second kappa shape index (κ2) is 13.8. The third-order valence-corrected chi connectivity index (χ3v) is 7.40. The van der Waals surface area contributed by atoms with Crippen molar-refractivity contribution in [2.45, 2.75) is 42.8 Å². The number of Topliss-reactive ketones (excluding diaryl/α,β-unsaturated/α-hetero) is 1. The molecule has 0 aliphatic rings. The maximum atomic E-state index is 14.1. The van der Waals surface area contributed by atoms with Gasteiger partial charge in [-0.25, -0.2) is 9.59 Å². The van der Waals surface area contributed by atoms with Crippen molar-refractivity contribution < 1.29 is 97.0 Å². The number of carboxylic acid groups (broad SMARTS) is 2. The van der Waals surface area contributed by atoms with Crippen molar-refractivity contribution in [1.82, 2.24) is 0 Å². The fraction of sp³-hybridized carbons (Fsp3) is 0.267. The second-order valence-corrected chi connectivity index (χ2v) is 10.7. The van der Waals surface area contributed by atoms with E-state index in [0.29, 0.717) is 30.3 Å². The molecular weight excluding hydrogens is 760 g/mol. The average Bonchev–Trinajstić information content (AvgIpc) is 3.01. The molecule has 23 heteroatoms. The first-order valence-corrected chi connectivity index (χ1v) is 13.8. The minimum atomic E-state index is -6.71. The van der Waals surface area contributed by atoms with Crippen LogP contribution in [-0.4, -0.2) is 75.8 Å². The van der Waals surface area contributed by atoms with Crippen LogP contribution in [0.15, 0.2) is 48.5 Å². The summed E-state index contributed by atoms with van der Waals surface area (Å²) in [6, 6.07) is 1.92. The Hall–Kier alpha value is -5.58. The van der Waals surface area contributed by atoms with Gasteiger partial charge in [-0.1, -0.05) is 0 Å². The number of hydrogen-bond acceptors (Lipinski definition) is 8. The zero-order valence-electron chi connectivity index (χ0n) is 26.0. The van der Waals surface area contributed by atoms with Gasteiger partial charge in [-0.3, -0.25) is 9.59 Å². The Morgan fingerprint density at radius 1 is 0.566 bits per heavy atom. The molecule has 3 rings (SSSR count). The molecule has 0 unspecified atom stereocenters. The van der Waals surface area contributed by atoms with Crippen molar-refractivity contribution in [1.29, 1.82) is 0 Å². The number of amides is 1. The molecule has 1 amide bonds. The molecule has 0 fully saturated rings. The Labute approximate surface area is 286 Å². The summed E-state index contributed by atoms with van der Waals surface area (Å²) in [5.41, 5.74) is -22.7. The fourth-order valence-electron chi connectivity index (χ4n) is 4.79. The van der Waals surface area contributed by atoms with E-state index in [1.165, 1.54) is 5.32 Å². The Kier molecular flexibility index (Phi) is 10.9. The predicted octanol–water partition coefficient (Wildman–Crippen LogP) is 7.00. The molecule has 3 aromatic carbocycles. The number of ketones is 1. The number of halogens is 12. The number of carbonyl (C=O) groups is 4. The number of carboxylic acids is 2. The maximum absolute atomic E-state index is 14.1. The molecule has 0 aromatic heterocycles. The number of rotatable bonds is 10. The number of nitrogens with one attached hydrogen (secondary N) is 2. The fourth-order valence-corrected chi connectivity index (χ4v) is 4.79. The summed E-state index contributed by atoms with van der Waals surface area (Å²) < 4.78 is 171. The van der Waals surface area contributed by atoms with Gasteiger partial charge in [0.15, 0.2) is 5.78 Å². The Morgan fingerprint density at radius 3 is 1.28 bits per heavy atom. The Balaban J connectivity index is 2.31. The summed E-state index contributed by atoms with van der Waals surface area (Å²) in [7, 11) is 0.835. The molecule has 11 nitrogen and oxygen atoms in total. The number of ether oxygens (including phenoxy) is 1. The summed E-state index contributed by atoms with van der Waals surface area (Å²) in [5.74, 6) is -9.32. The second-order valence-electron chi connectivity index (χ2n) is 10.7. The number of aromatic carboxylic acids is 2. The molecule has 53 heavy (non-hydrogen) atoms. The van der Waals surface area contributed by atoms with E-state index in [0.717, 1.165) is 14.0 Å². The normalized spacial score (nSPS) is 13.0. The van der Waals surface area contributed by atoms with Crippen LogP contribution in [0.25, 0.3) is 0 Å². The van der Waals surface area contributed by atoms with Gasteiger partial charge < -0.3 is 35.8 Å². The first kappa shape index (κ1) is 41.8. The van der Waals surface area contributed by atoms with E-state index in [9.17, 15) is 92.3 Å². The van der Waals surface area contributed by atoms with Crippen molar-refractivity contribution in [3.8, 4) is 11.5 Å². The van der Waals surface area contributed by atoms with Crippen molar-refractivity contribution in [2.24, 2.45) is 0 Å². The van der Waals surface area contributed by atoms with Crippen LogP contribution in [0.4, 0.5) is 64.1 Å². The van der Waals surface area contributed by atoms with Gasteiger partial charge in [0.2, 0.25) is 0 Å². The van der Waals surface area contributed by atoms with Crippen LogP contribution >= 0.6 is 0 Å².